The molecule has 0 unspecified atom stereocenters. The molecule has 0 aromatic heterocycles. The van der Waals surface area contributed by atoms with Crippen LogP contribution in [0.25, 0.3) is 0 Å². The molecular formula is C21H22O2. The Labute approximate surface area is 137 Å². The van der Waals surface area contributed by atoms with E-state index < -0.39 is 0 Å². The van der Waals surface area contributed by atoms with E-state index in [1.54, 1.807) is 0 Å². The van der Waals surface area contributed by atoms with Crippen molar-refractivity contribution < 1.29 is 9.59 Å². The van der Waals surface area contributed by atoms with Gasteiger partial charge in [0, 0.05) is 5.56 Å². The van der Waals surface area contributed by atoms with E-state index in [4.69, 9.17) is 0 Å². The van der Waals surface area contributed by atoms with Gasteiger partial charge in [0.15, 0.2) is 6.29 Å². The minimum Gasteiger partial charge on any atom is -0.294 e. The number of carbonyl (C=O) groups excluding carboxylic acids is 2. The van der Waals surface area contributed by atoms with Crippen LogP contribution >= 0.6 is 0 Å². The maximum atomic E-state index is 12.1. The highest BCUT2D eigenvalue weighted by Crippen LogP contribution is 2.37. The third-order valence-electron chi connectivity index (χ3n) is 4.82. The van der Waals surface area contributed by atoms with Gasteiger partial charge in [-0.15, -0.1) is 0 Å². The fourth-order valence-electron chi connectivity index (χ4n) is 3.73. The van der Waals surface area contributed by atoms with Crippen molar-refractivity contribution in [3.8, 4) is 0 Å². The van der Waals surface area contributed by atoms with Gasteiger partial charge in [0.2, 0.25) is 5.78 Å². The Bertz CT molecular complexity index is 682. The lowest BCUT2D eigenvalue weighted by Gasteiger charge is -2.26. The molecule has 1 aliphatic rings. The van der Waals surface area contributed by atoms with Gasteiger partial charge >= 0.3 is 0 Å². The predicted molar refractivity (Wildman–Crippen MR) is 91.9 cm³/mol. The second kappa shape index (κ2) is 7.36. The van der Waals surface area contributed by atoms with Crippen molar-refractivity contribution in [2.24, 2.45) is 0 Å². The summed E-state index contributed by atoms with van der Waals surface area (Å²) in [7, 11) is 0. The van der Waals surface area contributed by atoms with Crippen LogP contribution in [0, 0.1) is 0 Å². The van der Waals surface area contributed by atoms with Crippen molar-refractivity contribution in [1.82, 2.24) is 0 Å². The third-order valence-corrected chi connectivity index (χ3v) is 4.82. The highest BCUT2D eigenvalue weighted by molar-refractivity contribution is 6.33. The van der Waals surface area contributed by atoms with E-state index in [1.807, 2.05) is 30.3 Å². The van der Waals surface area contributed by atoms with Gasteiger partial charge in [0.05, 0.1) is 0 Å². The highest BCUT2D eigenvalue weighted by Gasteiger charge is 2.24. The van der Waals surface area contributed by atoms with E-state index in [-0.39, 0.29) is 5.78 Å². The maximum Gasteiger partial charge on any atom is 0.225 e. The molecule has 0 atom stereocenters. The van der Waals surface area contributed by atoms with Crippen molar-refractivity contribution in [2.45, 2.75) is 44.4 Å². The summed E-state index contributed by atoms with van der Waals surface area (Å²) in [5, 5.41) is 0. The first-order valence-corrected chi connectivity index (χ1v) is 8.45. The van der Waals surface area contributed by atoms with Crippen LogP contribution in [0.1, 0.15) is 65.1 Å². The van der Waals surface area contributed by atoms with Crippen LogP contribution in [-0.4, -0.2) is 12.1 Å². The average Bonchev–Trinajstić information content (AvgIpc) is 2.62. The van der Waals surface area contributed by atoms with Crippen molar-refractivity contribution in [3.63, 3.8) is 0 Å². The van der Waals surface area contributed by atoms with E-state index in [9.17, 15) is 9.59 Å². The van der Waals surface area contributed by atoms with Gasteiger partial charge in [-0.2, -0.15) is 0 Å². The van der Waals surface area contributed by atoms with Crippen molar-refractivity contribution in [1.29, 1.82) is 0 Å². The Kier molecular flexibility index (Phi) is 5.02. The van der Waals surface area contributed by atoms with Gasteiger partial charge in [-0.25, -0.2) is 0 Å². The molecule has 0 radical (unpaired) electrons. The molecule has 1 saturated carbocycles. The van der Waals surface area contributed by atoms with Crippen LogP contribution < -0.4 is 0 Å². The Morgan fingerprint density at radius 3 is 2.39 bits per heavy atom. The maximum absolute atomic E-state index is 12.1. The third kappa shape index (κ3) is 3.58. The first kappa shape index (κ1) is 15.7. The van der Waals surface area contributed by atoms with Crippen LogP contribution in [0.5, 0.6) is 0 Å². The van der Waals surface area contributed by atoms with E-state index in [0.29, 0.717) is 17.8 Å². The minimum atomic E-state index is -0.388. The lowest BCUT2D eigenvalue weighted by Crippen LogP contribution is -2.14. The Hall–Kier alpha value is -2.22. The van der Waals surface area contributed by atoms with Gasteiger partial charge in [0.1, 0.15) is 0 Å². The normalized spacial score (nSPS) is 15.3. The average molecular weight is 306 g/mol. The zero-order chi connectivity index (χ0) is 16.1. The SMILES string of the molecule is O=CC(=O)c1cccc(Cc2ccccc2)c1C1CCCCC1. The van der Waals surface area contributed by atoms with Crippen LogP contribution in [0.4, 0.5) is 0 Å². The Balaban J connectivity index is 2.03. The summed E-state index contributed by atoms with van der Waals surface area (Å²) in [6, 6.07) is 16.1. The molecule has 0 spiro atoms. The number of ketones is 1. The predicted octanol–water partition coefficient (Wildman–Crippen LogP) is 4.71. The molecule has 0 N–H and O–H groups in total. The van der Waals surface area contributed by atoms with Gasteiger partial charge in [0.25, 0.3) is 0 Å². The molecule has 0 heterocycles. The van der Waals surface area contributed by atoms with Crippen LogP contribution in [-0.2, 0) is 11.2 Å². The van der Waals surface area contributed by atoms with Gasteiger partial charge in [-0.05, 0) is 41.9 Å². The molecule has 2 aromatic carbocycles. The van der Waals surface area contributed by atoms with E-state index in [2.05, 4.69) is 18.2 Å². The topological polar surface area (TPSA) is 34.1 Å². The smallest absolute Gasteiger partial charge is 0.225 e. The first-order chi connectivity index (χ1) is 11.3. The number of benzene rings is 2. The molecule has 2 nitrogen and oxygen atoms in total. The fourth-order valence-corrected chi connectivity index (χ4v) is 3.73. The molecule has 0 saturated heterocycles. The van der Waals surface area contributed by atoms with Crippen molar-refractivity contribution in [3.05, 3.63) is 70.8 Å². The summed E-state index contributed by atoms with van der Waals surface area (Å²) in [5.74, 6) is 0.0167. The molecule has 2 aromatic rings. The molecule has 3 rings (SSSR count). The zero-order valence-corrected chi connectivity index (χ0v) is 13.3. The fraction of sp³-hybridized carbons (Fsp3) is 0.333. The monoisotopic (exact) mass is 306 g/mol. The second-order valence-electron chi connectivity index (χ2n) is 6.36. The molecule has 1 fully saturated rings. The number of Topliss-reactive ketones (excluding diaryl/α,β-unsaturated/α-hetero) is 1. The first-order valence-electron chi connectivity index (χ1n) is 8.45. The highest BCUT2D eigenvalue weighted by atomic mass is 16.2. The minimum absolute atomic E-state index is 0.388. The molecule has 0 bridgehead atoms. The molecule has 0 aliphatic heterocycles. The van der Waals surface area contributed by atoms with Crippen LogP contribution in [0.15, 0.2) is 48.5 Å². The number of carbonyl (C=O) groups is 2. The summed E-state index contributed by atoms with van der Waals surface area (Å²) in [6.07, 6.45) is 7.18. The van der Waals surface area contributed by atoms with E-state index in [1.165, 1.54) is 30.4 Å². The molecule has 118 valence electrons. The van der Waals surface area contributed by atoms with Gasteiger partial charge < -0.3 is 0 Å². The molecule has 1 aliphatic carbocycles. The van der Waals surface area contributed by atoms with Gasteiger partial charge in [-0.3, -0.25) is 9.59 Å². The summed E-state index contributed by atoms with van der Waals surface area (Å²) in [5.41, 5.74) is 4.16. The number of aldehydes is 1. The largest absolute Gasteiger partial charge is 0.294 e. The lowest BCUT2D eigenvalue weighted by atomic mass is 9.78. The number of hydrogen-bond donors (Lipinski definition) is 0. The number of rotatable bonds is 5. The Morgan fingerprint density at radius 1 is 0.957 bits per heavy atom. The van der Waals surface area contributed by atoms with Gasteiger partial charge in [-0.1, -0.05) is 67.8 Å². The molecular weight excluding hydrogens is 284 g/mol. The molecule has 0 amide bonds. The standard InChI is InChI=1S/C21H22O2/c22-15-20(23)19-13-7-12-18(14-16-8-3-1-4-9-16)21(19)17-10-5-2-6-11-17/h1,3-4,7-9,12-13,15,17H,2,5-6,10-11,14H2. The second-order valence-corrected chi connectivity index (χ2v) is 6.36. The van der Waals surface area contributed by atoms with Crippen LogP contribution in [0.3, 0.4) is 0 Å². The van der Waals surface area contributed by atoms with Crippen molar-refractivity contribution in [2.75, 3.05) is 0 Å². The van der Waals surface area contributed by atoms with Crippen LogP contribution in [0.2, 0.25) is 0 Å². The lowest BCUT2D eigenvalue weighted by molar-refractivity contribution is -0.104. The van der Waals surface area contributed by atoms with E-state index >= 15 is 0 Å². The Morgan fingerprint density at radius 2 is 1.70 bits per heavy atom. The summed E-state index contributed by atoms with van der Waals surface area (Å²) in [4.78, 5) is 23.2. The summed E-state index contributed by atoms with van der Waals surface area (Å²) >= 11 is 0. The summed E-state index contributed by atoms with van der Waals surface area (Å²) < 4.78 is 0. The quantitative estimate of drug-likeness (QED) is 0.455. The zero-order valence-electron chi connectivity index (χ0n) is 13.3. The molecule has 23 heavy (non-hydrogen) atoms. The molecule has 2 heteroatoms. The number of hydrogen-bond acceptors (Lipinski definition) is 2. The van der Waals surface area contributed by atoms with E-state index in [0.717, 1.165) is 24.8 Å². The van der Waals surface area contributed by atoms with Crippen molar-refractivity contribution >= 4 is 12.1 Å². The summed E-state index contributed by atoms with van der Waals surface area (Å²) in [6.45, 7) is 0.